The normalized spacial score (nSPS) is 10.4. The Labute approximate surface area is 166 Å². The lowest BCUT2D eigenvalue weighted by Gasteiger charge is -2.21. The van der Waals surface area contributed by atoms with E-state index in [9.17, 15) is 4.79 Å². The van der Waals surface area contributed by atoms with Crippen molar-refractivity contribution in [2.24, 2.45) is 0 Å². The Bertz CT molecular complexity index is 942. The van der Waals surface area contributed by atoms with Gasteiger partial charge in [-0.15, -0.1) is 0 Å². The molecule has 28 heavy (non-hydrogen) atoms. The summed E-state index contributed by atoms with van der Waals surface area (Å²) in [6.45, 7) is 5.19. The summed E-state index contributed by atoms with van der Waals surface area (Å²) >= 11 is 0. The number of carbonyl (C=O) groups excluding carboxylic acids is 1. The van der Waals surface area contributed by atoms with E-state index in [4.69, 9.17) is 4.74 Å². The Morgan fingerprint density at radius 1 is 1.11 bits per heavy atom. The van der Waals surface area contributed by atoms with Crippen LogP contribution in [0.5, 0.6) is 5.75 Å². The molecule has 1 N–H and O–H groups in total. The zero-order chi connectivity index (χ0) is 19.9. The Kier molecular flexibility index (Phi) is 6.27. The molecule has 5 heteroatoms. The van der Waals surface area contributed by atoms with Crippen LogP contribution in [-0.4, -0.2) is 29.4 Å². The summed E-state index contributed by atoms with van der Waals surface area (Å²) in [5.41, 5.74) is 4.35. The quantitative estimate of drug-likeness (QED) is 0.644. The number of aryl methyl sites for hydroxylation is 1. The summed E-state index contributed by atoms with van der Waals surface area (Å²) in [6, 6.07) is 17.7. The van der Waals surface area contributed by atoms with Gasteiger partial charge in [0.1, 0.15) is 5.75 Å². The molecule has 144 valence electrons. The Morgan fingerprint density at radius 3 is 2.61 bits per heavy atom. The van der Waals surface area contributed by atoms with Gasteiger partial charge in [-0.05, 0) is 43.2 Å². The van der Waals surface area contributed by atoms with E-state index < -0.39 is 0 Å². The van der Waals surface area contributed by atoms with Gasteiger partial charge in [-0.1, -0.05) is 36.4 Å². The Hall–Kier alpha value is -3.34. The van der Waals surface area contributed by atoms with Gasteiger partial charge in [0.05, 0.1) is 30.2 Å². The van der Waals surface area contributed by atoms with Gasteiger partial charge in [-0.3, -0.25) is 9.78 Å². The van der Waals surface area contributed by atoms with Crippen LogP contribution in [0.3, 0.4) is 0 Å². The molecule has 0 radical (unpaired) electrons. The third-order valence-electron chi connectivity index (χ3n) is 4.50. The van der Waals surface area contributed by atoms with E-state index in [2.05, 4.69) is 10.3 Å². The maximum Gasteiger partial charge on any atom is 0.255 e. The molecule has 3 aromatic rings. The molecule has 5 nitrogen and oxygen atoms in total. The first-order valence-corrected chi connectivity index (χ1v) is 9.30. The fourth-order valence-corrected chi connectivity index (χ4v) is 3.01. The minimum Gasteiger partial charge on any atom is -0.495 e. The van der Waals surface area contributed by atoms with Crippen molar-refractivity contribution < 1.29 is 9.53 Å². The van der Waals surface area contributed by atoms with Gasteiger partial charge < -0.3 is 15.0 Å². The molecule has 1 amide bonds. The van der Waals surface area contributed by atoms with Gasteiger partial charge in [0.2, 0.25) is 0 Å². The standard InChI is InChI=1S/C23H25N3O2/c1-4-26(16-18-8-6-5-7-9-18)23(27)19-13-20(15-24-14-19)25-21-12-17(2)10-11-22(21)28-3/h5-15,25H,4,16H2,1-3H3. The zero-order valence-electron chi connectivity index (χ0n) is 16.5. The molecule has 1 heterocycles. The summed E-state index contributed by atoms with van der Waals surface area (Å²) in [5.74, 6) is 0.695. The largest absolute Gasteiger partial charge is 0.495 e. The molecule has 0 spiro atoms. The van der Waals surface area contributed by atoms with E-state index in [0.29, 0.717) is 18.7 Å². The van der Waals surface area contributed by atoms with E-state index >= 15 is 0 Å². The van der Waals surface area contributed by atoms with Crippen molar-refractivity contribution in [3.63, 3.8) is 0 Å². The molecule has 0 atom stereocenters. The number of benzene rings is 2. The summed E-state index contributed by atoms with van der Waals surface area (Å²) in [5, 5.41) is 3.31. The van der Waals surface area contributed by atoms with Crippen LogP contribution >= 0.6 is 0 Å². The number of carbonyl (C=O) groups is 1. The van der Waals surface area contributed by atoms with Crippen LogP contribution < -0.4 is 10.1 Å². The van der Waals surface area contributed by atoms with Crippen LogP contribution in [0.1, 0.15) is 28.4 Å². The lowest BCUT2D eigenvalue weighted by molar-refractivity contribution is 0.0752. The highest BCUT2D eigenvalue weighted by atomic mass is 16.5. The van der Waals surface area contributed by atoms with Crippen LogP contribution in [0, 0.1) is 6.92 Å². The average Bonchev–Trinajstić information content (AvgIpc) is 2.72. The maximum absolute atomic E-state index is 13.0. The van der Waals surface area contributed by atoms with Crippen molar-refractivity contribution in [3.05, 3.63) is 83.7 Å². The van der Waals surface area contributed by atoms with Crippen molar-refractivity contribution in [2.75, 3.05) is 19.0 Å². The van der Waals surface area contributed by atoms with Crippen molar-refractivity contribution >= 4 is 17.3 Å². The highest BCUT2D eigenvalue weighted by Crippen LogP contribution is 2.28. The number of pyridine rings is 1. The van der Waals surface area contributed by atoms with E-state index in [1.54, 1.807) is 19.5 Å². The van der Waals surface area contributed by atoms with Crippen LogP contribution in [0.4, 0.5) is 11.4 Å². The molecule has 0 aliphatic heterocycles. The second-order valence-electron chi connectivity index (χ2n) is 6.60. The van der Waals surface area contributed by atoms with Crippen LogP contribution in [0.25, 0.3) is 0 Å². The lowest BCUT2D eigenvalue weighted by Crippen LogP contribution is -2.30. The van der Waals surface area contributed by atoms with Gasteiger partial charge in [0, 0.05) is 19.3 Å². The number of methoxy groups -OCH3 is 1. The predicted octanol–water partition coefficient (Wildman–Crippen LogP) is 4.80. The highest BCUT2D eigenvalue weighted by Gasteiger charge is 2.16. The molecule has 0 saturated carbocycles. The number of nitrogens with zero attached hydrogens (tertiary/aromatic N) is 2. The third-order valence-corrected chi connectivity index (χ3v) is 4.50. The number of hydrogen-bond acceptors (Lipinski definition) is 4. The van der Waals surface area contributed by atoms with Gasteiger partial charge in [-0.2, -0.15) is 0 Å². The molecule has 0 aliphatic carbocycles. The van der Waals surface area contributed by atoms with E-state index in [1.807, 2.05) is 73.3 Å². The molecule has 0 fully saturated rings. The van der Waals surface area contributed by atoms with Gasteiger partial charge in [-0.25, -0.2) is 0 Å². The first-order chi connectivity index (χ1) is 13.6. The zero-order valence-corrected chi connectivity index (χ0v) is 16.5. The predicted molar refractivity (Wildman–Crippen MR) is 112 cm³/mol. The number of rotatable bonds is 7. The summed E-state index contributed by atoms with van der Waals surface area (Å²) in [7, 11) is 1.64. The topological polar surface area (TPSA) is 54.5 Å². The summed E-state index contributed by atoms with van der Waals surface area (Å²) < 4.78 is 5.41. The second-order valence-corrected chi connectivity index (χ2v) is 6.60. The summed E-state index contributed by atoms with van der Waals surface area (Å²) in [6.07, 6.45) is 3.31. The average molecular weight is 375 g/mol. The minimum atomic E-state index is -0.0429. The fraction of sp³-hybridized carbons (Fsp3) is 0.217. The maximum atomic E-state index is 13.0. The molecule has 1 aromatic heterocycles. The van der Waals surface area contributed by atoms with Crippen molar-refractivity contribution in [1.82, 2.24) is 9.88 Å². The molecule has 2 aromatic carbocycles. The molecule has 0 bridgehead atoms. The van der Waals surface area contributed by atoms with Crippen LogP contribution in [-0.2, 0) is 6.54 Å². The number of ether oxygens (including phenoxy) is 1. The summed E-state index contributed by atoms with van der Waals surface area (Å²) in [4.78, 5) is 19.1. The number of hydrogen-bond donors (Lipinski definition) is 1. The van der Waals surface area contributed by atoms with Crippen LogP contribution in [0.15, 0.2) is 67.0 Å². The van der Waals surface area contributed by atoms with E-state index in [-0.39, 0.29) is 5.91 Å². The monoisotopic (exact) mass is 375 g/mol. The first-order valence-electron chi connectivity index (χ1n) is 9.30. The number of nitrogens with one attached hydrogen (secondary N) is 1. The van der Waals surface area contributed by atoms with Crippen LogP contribution in [0.2, 0.25) is 0 Å². The highest BCUT2D eigenvalue weighted by molar-refractivity contribution is 5.95. The molecular weight excluding hydrogens is 350 g/mol. The minimum absolute atomic E-state index is 0.0429. The fourth-order valence-electron chi connectivity index (χ4n) is 3.01. The first kappa shape index (κ1) is 19.4. The SMILES string of the molecule is CCN(Cc1ccccc1)C(=O)c1cncc(Nc2cc(C)ccc2OC)c1. The van der Waals surface area contributed by atoms with Crippen molar-refractivity contribution in [3.8, 4) is 5.75 Å². The van der Waals surface area contributed by atoms with E-state index in [1.165, 1.54) is 0 Å². The van der Waals surface area contributed by atoms with Gasteiger partial charge in [0.25, 0.3) is 5.91 Å². The van der Waals surface area contributed by atoms with Crippen molar-refractivity contribution in [2.45, 2.75) is 20.4 Å². The number of amides is 1. The molecule has 0 aliphatic rings. The molecule has 0 saturated heterocycles. The lowest BCUT2D eigenvalue weighted by atomic mass is 10.1. The Morgan fingerprint density at radius 2 is 1.89 bits per heavy atom. The number of aromatic nitrogens is 1. The van der Waals surface area contributed by atoms with Gasteiger partial charge in [0.15, 0.2) is 0 Å². The van der Waals surface area contributed by atoms with Gasteiger partial charge >= 0.3 is 0 Å². The number of anilines is 2. The van der Waals surface area contributed by atoms with E-state index in [0.717, 1.165) is 28.3 Å². The molecule has 0 unspecified atom stereocenters. The third kappa shape index (κ3) is 4.68. The van der Waals surface area contributed by atoms with Crippen molar-refractivity contribution in [1.29, 1.82) is 0 Å². The molecular formula is C23H25N3O2. The Balaban J connectivity index is 1.80. The second kappa shape index (κ2) is 9.04. The molecule has 3 rings (SSSR count). The smallest absolute Gasteiger partial charge is 0.255 e.